The van der Waals surface area contributed by atoms with Gasteiger partial charge in [0.2, 0.25) is 0 Å². The molecule has 30 heavy (non-hydrogen) atoms. The number of benzene rings is 2. The first-order chi connectivity index (χ1) is 14.1. The molecule has 2 N–H and O–H groups in total. The van der Waals surface area contributed by atoms with Gasteiger partial charge in [-0.25, -0.2) is 4.79 Å². The smallest absolute Gasteiger partial charge is 0.414 e. The third kappa shape index (κ3) is 5.22. The number of rotatable bonds is 6. The van der Waals surface area contributed by atoms with Gasteiger partial charge >= 0.3 is 6.09 Å². The zero-order valence-corrected chi connectivity index (χ0v) is 17.3. The molecule has 1 atom stereocenters. The second kappa shape index (κ2) is 8.64. The molecule has 2 aromatic carbocycles. The Hall–Kier alpha value is -3.24. The molecule has 1 fully saturated rings. The number of hydrogen-bond acceptors (Lipinski definition) is 6. The zero-order chi connectivity index (χ0) is 21.9. The van der Waals surface area contributed by atoms with E-state index in [0.717, 1.165) is 11.8 Å². The van der Waals surface area contributed by atoms with Crippen LogP contribution in [0.3, 0.4) is 0 Å². The molecule has 1 aliphatic heterocycles. The highest BCUT2D eigenvalue weighted by molar-refractivity contribution is 7.85. The first-order valence-corrected chi connectivity index (χ1v) is 10.8. The fraction of sp³-hybridized carbons (Fsp3) is 0.250. The number of amidine groups is 1. The van der Waals surface area contributed by atoms with Gasteiger partial charge in [-0.15, -0.1) is 0 Å². The summed E-state index contributed by atoms with van der Waals surface area (Å²) in [5.74, 6) is -0.384. The molecule has 1 aliphatic rings. The second-order valence-corrected chi connectivity index (χ2v) is 8.41. The van der Waals surface area contributed by atoms with Crippen LogP contribution < -0.4 is 10.6 Å². The maximum Gasteiger partial charge on any atom is 0.414 e. The van der Waals surface area contributed by atoms with Crippen LogP contribution in [0.2, 0.25) is 0 Å². The van der Waals surface area contributed by atoms with E-state index < -0.39 is 28.2 Å². The van der Waals surface area contributed by atoms with Crippen LogP contribution in [-0.4, -0.2) is 51.8 Å². The minimum atomic E-state index is -3.62. The van der Waals surface area contributed by atoms with Crippen molar-refractivity contribution in [2.24, 2.45) is 10.7 Å². The van der Waals surface area contributed by atoms with Crippen molar-refractivity contribution in [1.82, 2.24) is 0 Å². The van der Waals surface area contributed by atoms with E-state index in [9.17, 15) is 18.0 Å². The Labute approximate surface area is 174 Å². The van der Waals surface area contributed by atoms with Crippen LogP contribution in [-0.2, 0) is 19.0 Å². The quantitative estimate of drug-likeness (QED) is 0.420. The molecule has 0 spiro atoms. The summed E-state index contributed by atoms with van der Waals surface area (Å²) in [5, 5.41) is 0. The lowest BCUT2D eigenvalue weighted by Crippen LogP contribution is -2.26. The molecule has 0 saturated carbocycles. The van der Waals surface area contributed by atoms with Gasteiger partial charge in [0.15, 0.2) is 0 Å². The Morgan fingerprint density at radius 1 is 1.23 bits per heavy atom. The molecule has 158 valence electrons. The highest BCUT2D eigenvalue weighted by atomic mass is 32.2. The summed E-state index contributed by atoms with van der Waals surface area (Å²) in [6.07, 6.45) is -0.387. The predicted molar refractivity (Wildman–Crippen MR) is 111 cm³/mol. The Morgan fingerprint density at radius 2 is 1.90 bits per heavy atom. The zero-order valence-electron chi connectivity index (χ0n) is 16.4. The average Bonchev–Trinajstić information content (AvgIpc) is 3.07. The largest absolute Gasteiger partial charge is 0.441 e. The number of nitrogens with zero attached hydrogens (tertiary/aromatic N) is 2. The topological polar surface area (TPSA) is 128 Å². The van der Waals surface area contributed by atoms with Gasteiger partial charge < -0.3 is 10.5 Å². The molecule has 2 aromatic rings. The number of carbonyl (C=O) groups is 2. The third-order valence-electron chi connectivity index (χ3n) is 4.41. The van der Waals surface area contributed by atoms with Gasteiger partial charge in [0.05, 0.1) is 12.8 Å². The van der Waals surface area contributed by atoms with Crippen molar-refractivity contribution in [1.29, 1.82) is 0 Å². The van der Waals surface area contributed by atoms with E-state index in [1.807, 2.05) is 19.1 Å². The SMILES string of the molecule is Cc1ccccc1C(=O)N=C(N)c1ccc(N2CC(COS(C)(=O)=O)OC2=O)cc1. The van der Waals surface area contributed by atoms with Gasteiger partial charge in [0, 0.05) is 16.8 Å². The molecule has 1 heterocycles. The van der Waals surface area contributed by atoms with E-state index in [-0.39, 0.29) is 19.0 Å². The first kappa shape index (κ1) is 21.5. The summed E-state index contributed by atoms with van der Waals surface area (Å²) in [7, 11) is -3.62. The van der Waals surface area contributed by atoms with Crippen molar-refractivity contribution >= 4 is 33.6 Å². The van der Waals surface area contributed by atoms with Crippen LogP contribution in [0.1, 0.15) is 21.5 Å². The lowest BCUT2D eigenvalue weighted by Gasteiger charge is -2.13. The monoisotopic (exact) mass is 431 g/mol. The van der Waals surface area contributed by atoms with E-state index in [1.165, 1.54) is 4.90 Å². The lowest BCUT2D eigenvalue weighted by atomic mass is 10.1. The molecule has 10 heteroatoms. The molecular formula is C20H21N3O6S. The van der Waals surface area contributed by atoms with E-state index >= 15 is 0 Å². The minimum Gasteiger partial charge on any atom is -0.441 e. The number of aryl methyl sites for hydroxylation is 1. The summed E-state index contributed by atoms with van der Waals surface area (Å²) in [6, 6.07) is 13.6. The van der Waals surface area contributed by atoms with E-state index in [0.29, 0.717) is 16.8 Å². The number of hydrogen-bond donors (Lipinski definition) is 1. The molecule has 0 radical (unpaired) electrons. The van der Waals surface area contributed by atoms with Gasteiger partial charge in [-0.3, -0.25) is 13.9 Å². The number of aliphatic imine (C=N–C) groups is 1. The maximum atomic E-state index is 12.3. The molecule has 0 bridgehead atoms. The average molecular weight is 431 g/mol. The first-order valence-electron chi connectivity index (χ1n) is 9.01. The standard InChI is InChI=1S/C20H21N3O6S/c1-13-5-3-4-6-17(13)19(24)22-18(21)14-7-9-15(10-8-14)23-11-16(29-20(23)25)12-28-30(2,26)27/h3-10,16H,11-12H2,1-2H3,(H2,21,22,24). The number of nitrogens with two attached hydrogens (primary N) is 1. The van der Waals surface area contributed by atoms with Gasteiger partial charge in [0.1, 0.15) is 18.5 Å². The van der Waals surface area contributed by atoms with Crippen LogP contribution in [0.4, 0.5) is 10.5 Å². The molecule has 1 unspecified atom stereocenters. The van der Waals surface area contributed by atoms with Crippen molar-refractivity contribution in [3.63, 3.8) is 0 Å². The van der Waals surface area contributed by atoms with E-state index in [4.69, 9.17) is 10.5 Å². The minimum absolute atomic E-state index is 0.0539. The predicted octanol–water partition coefficient (Wildman–Crippen LogP) is 1.84. The Kier molecular flexibility index (Phi) is 6.18. The van der Waals surface area contributed by atoms with Crippen molar-refractivity contribution < 1.29 is 26.9 Å². The number of ether oxygens (including phenoxy) is 1. The fourth-order valence-electron chi connectivity index (χ4n) is 2.88. The highest BCUT2D eigenvalue weighted by Crippen LogP contribution is 2.22. The van der Waals surface area contributed by atoms with Gasteiger partial charge in [-0.1, -0.05) is 18.2 Å². The molecular weight excluding hydrogens is 410 g/mol. The maximum absolute atomic E-state index is 12.3. The number of anilines is 1. The summed E-state index contributed by atoms with van der Waals surface area (Å²) < 4.78 is 32.0. The Bertz CT molecular complexity index is 1100. The van der Waals surface area contributed by atoms with Gasteiger partial charge in [0.25, 0.3) is 16.0 Å². The van der Waals surface area contributed by atoms with Gasteiger partial charge in [-0.2, -0.15) is 13.4 Å². The van der Waals surface area contributed by atoms with Crippen LogP contribution in [0.15, 0.2) is 53.5 Å². The molecule has 0 aliphatic carbocycles. The van der Waals surface area contributed by atoms with Crippen LogP contribution >= 0.6 is 0 Å². The summed E-state index contributed by atoms with van der Waals surface area (Å²) >= 11 is 0. The number of amides is 2. The Balaban J connectivity index is 1.69. The molecule has 3 rings (SSSR count). The normalized spacial score (nSPS) is 17.1. The van der Waals surface area contributed by atoms with E-state index in [2.05, 4.69) is 9.18 Å². The van der Waals surface area contributed by atoms with Crippen LogP contribution in [0, 0.1) is 6.92 Å². The molecule has 0 aromatic heterocycles. The number of carbonyl (C=O) groups excluding carboxylic acids is 2. The fourth-order valence-corrected chi connectivity index (χ4v) is 3.28. The van der Waals surface area contributed by atoms with E-state index in [1.54, 1.807) is 36.4 Å². The van der Waals surface area contributed by atoms with Crippen LogP contribution in [0.5, 0.6) is 0 Å². The van der Waals surface area contributed by atoms with Crippen LogP contribution in [0.25, 0.3) is 0 Å². The molecule has 1 saturated heterocycles. The van der Waals surface area contributed by atoms with Gasteiger partial charge in [-0.05, 0) is 42.8 Å². The molecule has 9 nitrogen and oxygen atoms in total. The second-order valence-electron chi connectivity index (χ2n) is 6.77. The Morgan fingerprint density at radius 3 is 2.53 bits per heavy atom. The van der Waals surface area contributed by atoms with Crippen molar-refractivity contribution in [3.8, 4) is 0 Å². The third-order valence-corrected chi connectivity index (χ3v) is 4.98. The lowest BCUT2D eigenvalue weighted by molar-refractivity contribution is 0.100. The van der Waals surface area contributed by atoms with Crippen molar-refractivity contribution in [2.45, 2.75) is 13.0 Å². The summed E-state index contributed by atoms with van der Waals surface area (Å²) in [4.78, 5) is 29.7. The molecule has 2 amide bonds. The van der Waals surface area contributed by atoms with Crippen molar-refractivity contribution in [2.75, 3.05) is 24.3 Å². The van der Waals surface area contributed by atoms with Crippen molar-refractivity contribution in [3.05, 3.63) is 65.2 Å². The summed E-state index contributed by atoms with van der Waals surface area (Å²) in [6.45, 7) is 1.71. The number of cyclic esters (lactones) is 1. The summed E-state index contributed by atoms with van der Waals surface area (Å²) in [5.41, 5.74) is 8.29. The highest BCUT2D eigenvalue weighted by Gasteiger charge is 2.33.